The molecule has 0 unspecified atom stereocenters. The normalized spacial score (nSPS) is 11.8. The average molecular weight is 247 g/mol. The number of amides is 1. The number of hydrogen-bond acceptors (Lipinski definition) is 4. The summed E-state index contributed by atoms with van der Waals surface area (Å²) < 4.78 is 5.37. The first-order valence-electron chi connectivity index (χ1n) is 5.81. The summed E-state index contributed by atoms with van der Waals surface area (Å²) in [6, 6.07) is 5.37. The van der Waals surface area contributed by atoms with E-state index in [0.717, 1.165) is 5.52 Å². The molecule has 18 heavy (non-hydrogen) atoms. The lowest BCUT2D eigenvalue weighted by molar-refractivity contribution is -0.123. The van der Waals surface area contributed by atoms with Gasteiger partial charge in [0, 0.05) is 19.2 Å². The second kappa shape index (κ2) is 4.42. The van der Waals surface area contributed by atoms with Crippen molar-refractivity contribution >= 4 is 22.7 Å². The number of rotatable bonds is 3. The first kappa shape index (κ1) is 12.6. The van der Waals surface area contributed by atoms with Gasteiger partial charge in [-0.25, -0.2) is 4.98 Å². The number of nitrogens with two attached hydrogens (primary N) is 1. The van der Waals surface area contributed by atoms with Gasteiger partial charge in [0.1, 0.15) is 5.52 Å². The molecular weight excluding hydrogens is 230 g/mol. The van der Waals surface area contributed by atoms with Gasteiger partial charge in [-0.3, -0.25) is 4.79 Å². The molecule has 0 aliphatic carbocycles. The number of nitrogens with one attached hydrogen (secondary N) is 1. The zero-order valence-electron chi connectivity index (χ0n) is 10.8. The summed E-state index contributed by atoms with van der Waals surface area (Å²) in [4.78, 5) is 16.2. The van der Waals surface area contributed by atoms with E-state index in [2.05, 4.69) is 10.3 Å². The highest BCUT2D eigenvalue weighted by molar-refractivity contribution is 5.96. The molecule has 0 radical (unpaired) electrons. The number of benzene rings is 1. The molecule has 96 valence electrons. The largest absolute Gasteiger partial charge is 0.441 e. The standard InChI is InChI=1S/C13H17N3O2/c1-8-15-10-6-9(4-5-11(10)18-8)16-12(17)13(2,3)7-14/h4-6H,7,14H2,1-3H3,(H,16,17). The van der Waals surface area contributed by atoms with Crippen LogP contribution in [0.15, 0.2) is 22.6 Å². The summed E-state index contributed by atoms with van der Waals surface area (Å²) in [5.74, 6) is 0.500. The van der Waals surface area contributed by atoms with E-state index in [1.54, 1.807) is 39.0 Å². The molecule has 1 amide bonds. The number of hydrogen-bond donors (Lipinski definition) is 2. The second-order valence-corrected chi connectivity index (χ2v) is 4.96. The van der Waals surface area contributed by atoms with Crippen LogP contribution in [0, 0.1) is 12.3 Å². The maximum Gasteiger partial charge on any atom is 0.231 e. The minimum atomic E-state index is -0.589. The Labute approximate surface area is 105 Å². The highest BCUT2D eigenvalue weighted by Crippen LogP contribution is 2.22. The van der Waals surface area contributed by atoms with Crippen LogP contribution in [-0.2, 0) is 4.79 Å². The van der Waals surface area contributed by atoms with Crippen molar-refractivity contribution in [3.63, 3.8) is 0 Å². The summed E-state index contributed by atoms with van der Waals surface area (Å²) in [6.45, 7) is 5.70. The maximum absolute atomic E-state index is 12.0. The van der Waals surface area contributed by atoms with Crippen molar-refractivity contribution in [2.24, 2.45) is 11.1 Å². The molecule has 0 aliphatic rings. The van der Waals surface area contributed by atoms with Crippen LogP contribution in [0.2, 0.25) is 0 Å². The third-order valence-corrected chi connectivity index (χ3v) is 2.88. The number of oxazole rings is 1. The predicted octanol–water partition coefficient (Wildman–Crippen LogP) is 2.06. The summed E-state index contributed by atoms with van der Waals surface area (Å²) in [5, 5.41) is 2.83. The average Bonchev–Trinajstić information content (AvgIpc) is 2.68. The Bertz CT molecular complexity index is 587. The van der Waals surface area contributed by atoms with E-state index in [4.69, 9.17) is 10.2 Å². The second-order valence-electron chi connectivity index (χ2n) is 4.96. The van der Waals surface area contributed by atoms with E-state index in [1.807, 2.05) is 0 Å². The Hall–Kier alpha value is -1.88. The van der Waals surface area contributed by atoms with Gasteiger partial charge in [0.05, 0.1) is 5.41 Å². The van der Waals surface area contributed by atoms with Gasteiger partial charge in [0.15, 0.2) is 11.5 Å². The molecular formula is C13H17N3O2. The molecule has 2 aromatic rings. The number of aromatic nitrogens is 1. The minimum absolute atomic E-state index is 0.107. The molecule has 0 bridgehead atoms. The zero-order chi connectivity index (χ0) is 13.3. The van der Waals surface area contributed by atoms with Gasteiger partial charge in [-0.2, -0.15) is 0 Å². The van der Waals surface area contributed by atoms with Crippen LogP contribution < -0.4 is 11.1 Å². The topological polar surface area (TPSA) is 81.2 Å². The molecule has 1 aromatic carbocycles. The molecule has 0 fully saturated rings. The molecule has 0 saturated heterocycles. The van der Waals surface area contributed by atoms with Gasteiger partial charge < -0.3 is 15.5 Å². The van der Waals surface area contributed by atoms with Crippen LogP contribution >= 0.6 is 0 Å². The Balaban J connectivity index is 2.24. The molecule has 3 N–H and O–H groups in total. The van der Waals surface area contributed by atoms with Crippen LogP contribution in [0.1, 0.15) is 19.7 Å². The molecule has 0 aliphatic heterocycles. The fraction of sp³-hybridized carbons (Fsp3) is 0.385. The summed E-state index contributed by atoms with van der Waals surface area (Å²) in [7, 11) is 0. The number of aryl methyl sites for hydroxylation is 1. The van der Waals surface area contributed by atoms with Crippen molar-refractivity contribution in [2.75, 3.05) is 11.9 Å². The molecule has 0 atom stereocenters. The monoisotopic (exact) mass is 247 g/mol. The summed E-state index contributed by atoms with van der Waals surface area (Å²) in [6.07, 6.45) is 0. The first-order valence-corrected chi connectivity index (χ1v) is 5.81. The van der Waals surface area contributed by atoms with Crippen molar-refractivity contribution in [1.82, 2.24) is 4.98 Å². The molecule has 0 spiro atoms. The fourth-order valence-corrected chi connectivity index (χ4v) is 1.51. The molecule has 5 heteroatoms. The van der Waals surface area contributed by atoms with E-state index in [-0.39, 0.29) is 5.91 Å². The van der Waals surface area contributed by atoms with Crippen molar-refractivity contribution in [3.8, 4) is 0 Å². The Kier molecular flexibility index (Phi) is 3.09. The molecule has 1 heterocycles. The van der Waals surface area contributed by atoms with E-state index >= 15 is 0 Å². The van der Waals surface area contributed by atoms with Gasteiger partial charge in [-0.05, 0) is 32.0 Å². The smallest absolute Gasteiger partial charge is 0.231 e. The van der Waals surface area contributed by atoms with Crippen molar-refractivity contribution in [3.05, 3.63) is 24.1 Å². The predicted molar refractivity (Wildman–Crippen MR) is 70.2 cm³/mol. The van der Waals surface area contributed by atoms with Crippen LogP contribution in [0.3, 0.4) is 0 Å². The first-order chi connectivity index (χ1) is 8.42. The van der Waals surface area contributed by atoms with Gasteiger partial charge >= 0.3 is 0 Å². The summed E-state index contributed by atoms with van der Waals surface area (Å²) in [5.41, 5.74) is 7.12. The van der Waals surface area contributed by atoms with Gasteiger partial charge in [0.25, 0.3) is 0 Å². The SMILES string of the molecule is Cc1nc2cc(NC(=O)C(C)(C)CN)ccc2o1. The summed E-state index contributed by atoms with van der Waals surface area (Å²) >= 11 is 0. The highest BCUT2D eigenvalue weighted by Gasteiger charge is 2.25. The van der Waals surface area contributed by atoms with Crippen molar-refractivity contribution in [2.45, 2.75) is 20.8 Å². The van der Waals surface area contributed by atoms with Gasteiger partial charge in [-0.1, -0.05) is 0 Å². The van der Waals surface area contributed by atoms with E-state index in [1.165, 1.54) is 0 Å². The Morgan fingerprint density at radius 3 is 2.89 bits per heavy atom. The number of anilines is 1. The van der Waals surface area contributed by atoms with E-state index in [0.29, 0.717) is 23.7 Å². The third-order valence-electron chi connectivity index (χ3n) is 2.88. The maximum atomic E-state index is 12.0. The number of carbonyl (C=O) groups excluding carboxylic acids is 1. The van der Waals surface area contributed by atoms with Crippen molar-refractivity contribution < 1.29 is 9.21 Å². The molecule has 2 rings (SSSR count). The van der Waals surface area contributed by atoms with Crippen LogP contribution in [0.4, 0.5) is 5.69 Å². The van der Waals surface area contributed by atoms with Gasteiger partial charge in [0.2, 0.25) is 5.91 Å². The molecule has 5 nitrogen and oxygen atoms in total. The molecule has 0 saturated carbocycles. The van der Waals surface area contributed by atoms with Crippen LogP contribution in [-0.4, -0.2) is 17.4 Å². The van der Waals surface area contributed by atoms with Crippen molar-refractivity contribution in [1.29, 1.82) is 0 Å². The number of fused-ring (bicyclic) bond motifs is 1. The zero-order valence-corrected chi connectivity index (χ0v) is 10.8. The van der Waals surface area contributed by atoms with E-state index in [9.17, 15) is 4.79 Å². The third kappa shape index (κ3) is 2.36. The fourth-order valence-electron chi connectivity index (χ4n) is 1.51. The Morgan fingerprint density at radius 2 is 2.22 bits per heavy atom. The molecule has 1 aromatic heterocycles. The lowest BCUT2D eigenvalue weighted by atomic mass is 9.92. The lowest BCUT2D eigenvalue weighted by Gasteiger charge is -2.21. The van der Waals surface area contributed by atoms with Crippen LogP contribution in [0.5, 0.6) is 0 Å². The Morgan fingerprint density at radius 1 is 1.50 bits per heavy atom. The lowest BCUT2D eigenvalue weighted by Crippen LogP contribution is -2.37. The highest BCUT2D eigenvalue weighted by atomic mass is 16.3. The number of carbonyl (C=O) groups is 1. The van der Waals surface area contributed by atoms with Gasteiger partial charge in [-0.15, -0.1) is 0 Å². The van der Waals surface area contributed by atoms with Crippen LogP contribution in [0.25, 0.3) is 11.1 Å². The number of nitrogens with zero attached hydrogens (tertiary/aromatic N) is 1. The quantitative estimate of drug-likeness (QED) is 0.869. The minimum Gasteiger partial charge on any atom is -0.441 e. The van der Waals surface area contributed by atoms with E-state index < -0.39 is 5.41 Å².